The van der Waals surface area contributed by atoms with Crippen molar-refractivity contribution in [2.24, 2.45) is 0 Å². The molecule has 0 saturated heterocycles. The molecule has 0 aromatic carbocycles. The van der Waals surface area contributed by atoms with Gasteiger partial charge in [0.15, 0.2) is 0 Å². The molecule has 0 unspecified atom stereocenters. The summed E-state index contributed by atoms with van der Waals surface area (Å²) in [7, 11) is 0. The second-order valence-corrected chi connectivity index (χ2v) is 5.17. The van der Waals surface area contributed by atoms with Crippen molar-refractivity contribution in [2.75, 3.05) is 0 Å². The number of nitrogens with zero attached hydrogens (tertiary/aromatic N) is 2. The molecule has 0 saturated carbocycles. The normalized spacial score (nSPS) is 11.5. The number of pyridine rings is 1. The second-order valence-electron chi connectivity index (χ2n) is 5.17. The highest BCUT2D eigenvalue weighted by Gasteiger charge is 2.20. The van der Waals surface area contributed by atoms with Crippen LogP contribution >= 0.6 is 0 Å². The van der Waals surface area contributed by atoms with Crippen molar-refractivity contribution in [3.8, 4) is 5.82 Å². The van der Waals surface area contributed by atoms with Gasteiger partial charge >= 0.3 is 0 Å². The lowest BCUT2D eigenvalue weighted by Gasteiger charge is -2.12. The molecule has 2 heterocycles. The van der Waals surface area contributed by atoms with Crippen molar-refractivity contribution in [1.29, 1.82) is 0 Å². The molecule has 0 fully saturated rings. The number of hydrogen-bond acceptors (Lipinski definition) is 1. The van der Waals surface area contributed by atoms with Gasteiger partial charge in [-0.15, -0.1) is 0 Å². The van der Waals surface area contributed by atoms with Crippen LogP contribution in [0.4, 0.5) is 0 Å². The average Bonchev–Trinajstić information content (AvgIpc) is 2.94. The van der Waals surface area contributed by atoms with E-state index in [1.807, 2.05) is 48.6 Å². The zero-order valence-corrected chi connectivity index (χ0v) is 14.1. The summed E-state index contributed by atoms with van der Waals surface area (Å²) in [5.74, 6) is 0.837. The van der Waals surface area contributed by atoms with Gasteiger partial charge in [-0.1, -0.05) is 68.8 Å². The van der Waals surface area contributed by atoms with Gasteiger partial charge in [0, 0.05) is 17.3 Å². The first-order chi connectivity index (χ1) is 11.7. The van der Waals surface area contributed by atoms with Crippen LogP contribution in [-0.4, -0.2) is 9.55 Å². The molecule has 2 rings (SSSR count). The molecule has 120 valence electrons. The van der Waals surface area contributed by atoms with E-state index < -0.39 is 0 Å². The van der Waals surface area contributed by atoms with Crippen molar-refractivity contribution < 1.29 is 0 Å². The summed E-state index contributed by atoms with van der Waals surface area (Å²) in [6.07, 6.45) is 14.9. The second kappa shape index (κ2) is 7.93. The Kier molecular flexibility index (Phi) is 5.69. The zero-order chi connectivity index (χ0) is 17.5. The van der Waals surface area contributed by atoms with Gasteiger partial charge in [-0.25, -0.2) is 4.98 Å². The summed E-state index contributed by atoms with van der Waals surface area (Å²) >= 11 is 0. The molecule has 0 aliphatic carbocycles. The van der Waals surface area contributed by atoms with Crippen LogP contribution in [0.2, 0.25) is 0 Å². The molecule has 0 spiro atoms. The van der Waals surface area contributed by atoms with E-state index in [9.17, 15) is 0 Å². The van der Waals surface area contributed by atoms with Crippen LogP contribution < -0.4 is 0 Å². The Balaban J connectivity index is 2.98. The molecule has 0 amide bonds. The van der Waals surface area contributed by atoms with Crippen molar-refractivity contribution in [3.05, 3.63) is 97.5 Å². The molecule has 0 atom stereocenters. The summed E-state index contributed by atoms with van der Waals surface area (Å²) < 4.78 is 2.11. The molecule has 0 aliphatic heterocycles. The van der Waals surface area contributed by atoms with E-state index in [-0.39, 0.29) is 0 Å². The lowest BCUT2D eigenvalue weighted by atomic mass is 10.0. The van der Waals surface area contributed by atoms with Gasteiger partial charge in [0.1, 0.15) is 5.82 Å². The topological polar surface area (TPSA) is 17.8 Å². The molecule has 0 bridgehead atoms. The molecule has 0 aliphatic rings. The van der Waals surface area contributed by atoms with Gasteiger partial charge in [-0.2, -0.15) is 0 Å². The number of rotatable bonds is 7. The molecule has 0 radical (unpaired) electrons. The van der Waals surface area contributed by atoms with Crippen molar-refractivity contribution in [1.82, 2.24) is 9.55 Å². The molecule has 2 aromatic heterocycles. The molecule has 0 N–H and O–H groups in total. The summed E-state index contributed by atoms with van der Waals surface area (Å²) in [6, 6.07) is 5.86. The zero-order valence-electron chi connectivity index (χ0n) is 14.1. The number of allylic oxidation sites excluding steroid dienone is 5. The first-order valence-electron chi connectivity index (χ1n) is 7.73. The summed E-state index contributed by atoms with van der Waals surface area (Å²) in [4.78, 5) is 4.53. The number of aromatic nitrogens is 2. The van der Waals surface area contributed by atoms with Crippen LogP contribution in [0.1, 0.15) is 29.4 Å². The van der Waals surface area contributed by atoms with E-state index in [0.717, 1.165) is 33.9 Å². The fraction of sp³-hybridized carbons (Fsp3) is 0.0455. The monoisotopic (exact) mass is 314 g/mol. The highest BCUT2D eigenvalue weighted by Crippen LogP contribution is 2.33. The third-order valence-corrected chi connectivity index (χ3v) is 3.70. The molecule has 24 heavy (non-hydrogen) atoms. The minimum atomic E-state index is 0.837. The highest BCUT2D eigenvalue weighted by atomic mass is 15.1. The molecule has 2 heteroatoms. The fourth-order valence-corrected chi connectivity index (χ4v) is 2.74. The van der Waals surface area contributed by atoms with Crippen LogP contribution in [0, 0.1) is 0 Å². The van der Waals surface area contributed by atoms with Gasteiger partial charge in [-0.3, -0.25) is 4.57 Å². The fourth-order valence-electron chi connectivity index (χ4n) is 2.74. The maximum Gasteiger partial charge on any atom is 0.137 e. The van der Waals surface area contributed by atoms with E-state index in [2.05, 4.69) is 42.8 Å². The minimum absolute atomic E-state index is 0.837. The lowest BCUT2D eigenvalue weighted by molar-refractivity contribution is 0.974. The van der Waals surface area contributed by atoms with E-state index >= 15 is 0 Å². The van der Waals surface area contributed by atoms with Gasteiger partial charge in [-0.05, 0) is 30.7 Å². The maximum absolute atomic E-state index is 4.53. The van der Waals surface area contributed by atoms with Crippen LogP contribution in [0.3, 0.4) is 0 Å². The minimum Gasteiger partial charge on any atom is -0.294 e. The van der Waals surface area contributed by atoms with Crippen LogP contribution in [0.5, 0.6) is 0 Å². The first-order valence-corrected chi connectivity index (χ1v) is 7.73. The van der Waals surface area contributed by atoms with Gasteiger partial charge in [0.25, 0.3) is 0 Å². The van der Waals surface area contributed by atoms with Gasteiger partial charge < -0.3 is 0 Å². The van der Waals surface area contributed by atoms with Crippen LogP contribution in [0.15, 0.2) is 75.0 Å². The summed E-state index contributed by atoms with van der Waals surface area (Å²) in [5.41, 5.74) is 5.13. The predicted molar refractivity (Wildman–Crippen MR) is 107 cm³/mol. The van der Waals surface area contributed by atoms with Gasteiger partial charge in [0.2, 0.25) is 0 Å². The standard InChI is InChI=1S/C22H22N2/c1-6-10-14-20-18(8-3)19(9-4)22(17(5)13-7-2)24(20)21-15-11-12-16-23-21/h6-16H,1-4H2,5H3/b14-10-,17-13-. The SMILES string of the molecule is C=C/C=C\c1c(C=C)c(C=C)c(/C(C)=C\C=C)n1-c1ccccn1. The Morgan fingerprint density at radius 3 is 2.33 bits per heavy atom. The largest absolute Gasteiger partial charge is 0.294 e. The molecular weight excluding hydrogens is 292 g/mol. The Bertz CT molecular complexity index is 831. The van der Waals surface area contributed by atoms with Crippen molar-refractivity contribution >= 4 is 23.8 Å². The Morgan fingerprint density at radius 2 is 1.79 bits per heavy atom. The lowest BCUT2D eigenvalue weighted by Crippen LogP contribution is -2.03. The third kappa shape index (κ3) is 3.13. The van der Waals surface area contributed by atoms with E-state index in [1.54, 1.807) is 18.3 Å². The molecule has 2 nitrogen and oxygen atoms in total. The first kappa shape index (κ1) is 17.2. The smallest absolute Gasteiger partial charge is 0.137 e. The van der Waals surface area contributed by atoms with E-state index in [1.165, 1.54) is 0 Å². The molecular formula is C22H22N2. The van der Waals surface area contributed by atoms with Crippen LogP contribution in [-0.2, 0) is 0 Å². The Morgan fingerprint density at radius 1 is 1.04 bits per heavy atom. The average molecular weight is 314 g/mol. The van der Waals surface area contributed by atoms with Crippen molar-refractivity contribution in [2.45, 2.75) is 6.92 Å². The van der Waals surface area contributed by atoms with Crippen molar-refractivity contribution in [3.63, 3.8) is 0 Å². The summed E-state index contributed by atoms with van der Waals surface area (Å²) in [6.45, 7) is 17.6. The van der Waals surface area contributed by atoms with Crippen LogP contribution in [0.25, 0.3) is 29.6 Å². The molecule has 2 aromatic rings. The number of hydrogen-bond donors (Lipinski definition) is 0. The quantitative estimate of drug-likeness (QED) is 0.578. The summed E-state index contributed by atoms with van der Waals surface area (Å²) in [5, 5.41) is 0. The maximum atomic E-state index is 4.53. The highest BCUT2D eigenvalue weighted by molar-refractivity contribution is 5.83. The predicted octanol–water partition coefficient (Wildman–Crippen LogP) is 5.95. The van der Waals surface area contributed by atoms with E-state index in [4.69, 9.17) is 0 Å². The van der Waals surface area contributed by atoms with Gasteiger partial charge in [0.05, 0.1) is 11.4 Å². The Labute approximate surface area is 144 Å². The third-order valence-electron chi connectivity index (χ3n) is 3.70. The van der Waals surface area contributed by atoms with E-state index in [0.29, 0.717) is 0 Å². The Hall–Kier alpha value is -3.13.